The van der Waals surface area contributed by atoms with E-state index in [0.29, 0.717) is 49.2 Å². The van der Waals surface area contributed by atoms with Crippen molar-refractivity contribution < 1.29 is 27.4 Å². The van der Waals surface area contributed by atoms with E-state index in [1.165, 1.54) is 24.5 Å². The smallest absolute Gasteiger partial charge is 0.259 e. The van der Waals surface area contributed by atoms with Crippen LogP contribution < -0.4 is 15.0 Å². The fraction of sp³-hybridized carbons (Fsp3) is 0.381. The Balaban J connectivity index is 1.85. The van der Waals surface area contributed by atoms with E-state index in [4.69, 9.17) is 14.2 Å². The van der Waals surface area contributed by atoms with Gasteiger partial charge in [-0.05, 0) is 18.2 Å². The van der Waals surface area contributed by atoms with Crippen LogP contribution in [0.1, 0.15) is 10.4 Å². The summed E-state index contributed by atoms with van der Waals surface area (Å²) >= 11 is 0. The zero-order valence-corrected chi connectivity index (χ0v) is 18.3. The van der Waals surface area contributed by atoms with Gasteiger partial charge in [-0.15, -0.1) is 0 Å². The van der Waals surface area contributed by atoms with Gasteiger partial charge in [0.05, 0.1) is 36.8 Å². The first-order chi connectivity index (χ1) is 14.9. The number of anilines is 2. The fourth-order valence-electron chi connectivity index (χ4n) is 3.54. The van der Waals surface area contributed by atoms with Crippen molar-refractivity contribution >= 4 is 27.3 Å². The summed E-state index contributed by atoms with van der Waals surface area (Å²) in [5, 5.41) is 2.79. The predicted octanol–water partition coefficient (Wildman–Crippen LogP) is 2.15. The summed E-state index contributed by atoms with van der Waals surface area (Å²) in [4.78, 5) is 14.9. The molecule has 2 aliphatic rings. The largest absolute Gasteiger partial charge is 0.454 e. The molecule has 31 heavy (non-hydrogen) atoms. The minimum absolute atomic E-state index is 0.0523. The van der Waals surface area contributed by atoms with Gasteiger partial charge in [0.2, 0.25) is 10.0 Å². The second-order valence-corrected chi connectivity index (χ2v) is 9.30. The zero-order chi connectivity index (χ0) is 22.0. The van der Waals surface area contributed by atoms with Crippen molar-refractivity contribution in [3.05, 3.63) is 42.0 Å². The fourth-order valence-corrected chi connectivity index (χ4v) is 4.91. The van der Waals surface area contributed by atoms with Gasteiger partial charge in [0.25, 0.3) is 5.91 Å². The molecule has 9 nitrogen and oxygen atoms in total. The predicted molar refractivity (Wildman–Crippen MR) is 116 cm³/mol. The third-order valence-corrected chi connectivity index (χ3v) is 7.20. The zero-order valence-electron chi connectivity index (χ0n) is 17.5. The summed E-state index contributed by atoms with van der Waals surface area (Å²) in [5.41, 5.74) is 1.17. The molecule has 0 unspecified atom stereocenters. The highest BCUT2D eigenvalue weighted by Gasteiger charge is 2.32. The molecular weight excluding hydrogens is 422 g/mol. The van der Waals surface area contributed by atoms with Crippen LogP contribution in [-0.4, -0.2) is 72.2 Å². The molecule has 0 bridgehead atoms. The molecule has 1 saturated heterocycles. The molecule has 2 aromatic rings. The molecule has 0 aromatic heterocycles. The Kier molecular flexibility index (Phi) is 6.15. The number of morpholine rings is 1. The number of rotatable bonds is 6. The van der Waals surface area contributed by atoms with Crippen molar-refractivity contribution in [1.82, 2.24) is 4.31 Å². The molecule has 0 radical (unpaired) electrons. The van der Waals surface area contributed by atoms with Crippen molar-refractivity contribution in [2.75, 3.05) is 63.8 Å². The lowest BCUT2D eigenvalue weighted by Gasteiger charge is -2.31. The van der Waals surface area contributed by atoms with Crippen LogP contribution in [0.4, 0.5) is 11.4 Å². The number of nitrogens with zero attached hydrogens (tertiary/aromatic N) is 2. The topological polar surface area (TPSA) is 97.4 Å². The molecular formula is C21H25N3O6S. The van der Waals surface area contributed by atoms with Crippen LogP contribution in [0.2, 0.25) is 0 Å². The van der Waals surface area contributed by atoms with E-state index >= 15 is 0 Å². The van der Waals surface area contributed by atoms with Gasteiger partial charge in [0, 0.05) is 39.9 Å². The normalized spacial score (nSPS) is 16.2. The molecule has 0 spiro atoms. The van der Waals surface area contributed by atoms with Crippen molar-refractivity contribution in [1.29, 1.82) is 0 Å². The first-order valence-corrected chi connectivity index (χ1v) is 11.4. The van der Waals surface area contributed by atoms with Crippen LogP contribution in [0, 0.1) is 0 Å². The Bertz CT molecular complexity index is 1080. The summed E-state index contributed by atoms with van der Waals surface area (Å²) in [7, 11) is -0.881. The summed E-state index contributed by atoms with van der Waals surface area (Å²) < 4.78 is 44.6. The van der Waals surface area contributed by atoms with Gasteiger partial charge in [-0.25, -0.2) is 8.42 Å². The van der Waals surface area contributed by atoms with Gasteiger partial charge in [-0.2, -0.15) is 4.31 Å². The van der Waals surface area contributed by atoms with Gasteiger partial charge in [0.1, 0.15) is 10.6 Å². The van der Waals surface area contributed by atoms with E-state index in [2.05, 4.69) is 5.32 Å². The maximum absolute atomic E-state index is 13.4. The second-order valence-electron chi connectivity index (χ2n) is 7.29. The number of amides is 1. The number of nitrogens with one attached hydrogen (secondary N) is 1. The molecule has 10 heteroatoms. The number of ether oxygens (including phenoxy) is 3. The number of methoxy groups -OCH3 is 1. The van der Waals surface area contributed by atoms with Gasteiger partial charge < -0.3 is 24.4 Å². The Morgan fingerprint density at radius 2 is 1.90 bits per heavy atom. The van der Waals surface area contributed by atoms with Gasteiger partial charge in [0.15, 0.2) is 5.75 Å². The maximum atomic E-state index is 13.4. The van der Waals surface area contributed by atoms with Crippen LogP contribution in [0.15, 0.2) is 41.3 Å². The minimum Gasteiger partial charge on any atom is -0.454 e. The number of likely N-dealkylation sites (N-methyl/N-ethyl adjacent to an activating group) is 1. The van der Waals surface area contributed by atoms with E-state index in [9.17, 15) is 13.2 Å². The van der Waals surface area contributed by atoms with Crippen LogP contribution in [0.3, 0.4) is 0 Å². The molecule has 1 amide bonds. The van der Waals surface area contributed by atoms with Crippen molar-refractivity contribution in [3.8, 4) is 11.5 Å². The van der Waals surface area contributed by atoms with E-state index < -0.39 is 15.9 Å². The number of hydrogen-bond acceptors (Lipinski definition) is 7. The summed E-state index contributed by atoms with van der Waals surface area (Å²) in [6.45, 7) is 2.48. The third kappa shape index (κ3) is 4.24. The molecule has 2 aromatic carbocycles. The summed E-state index contributed by atoms with van der Waals surface area (Å²) in [6.07, 6.45) is 0. The number of fused-ring (bicyclic) bond motifs is 2. The lowest BCUT2D eigenvalue weighted by atomic mass is 10.1. The van der Waals surface area contributed by atoms with Crippen molar-refractivity contribution in [2.24, 2.45) is 0 Å². The van der Waals surface area contributed by atoms with Crippen LogP contribution >= 0.6 is 0 Å². The highest BCUT2D eigenvalue weighted by atomic mass is 32.2. The number of sulfonamides is 1. The van der Waals surface area contributed by atoms with Gasteiger partial charge >= 0.3 is 0 Å². The van der Waals surface area contributed by atoms with E-state index in [1.54, 1.807) is 24.3 Å². The molecule has 4 rings (SSSR count). The van der Waals surface area contributed by atoms with E-state index in [0.717, 1.165) is 0 Å². The highest BCUT2D eigenvalue weighted by Crippen LogP contribution is 2.41. The molecule has 0 atom stereocenters. The average Bonchev–Trinajstić information content (AvgIpc) is 2.92. The molecule has 2 heterocycles. The average molecular weight is 448 g/mol. The highest BCUT2D eigenvalue weighted by molar-refractivity contribution is 7.89. The monoisotopic (exact) mass is 447 g/mol. The SMILES string of the molecule is COCCN(C)S(=O)(=O)c1cc2c(cc1N1CCOCC1)Oc1ccccc1NC2=O. The van der Waals surface area contributed by atoms with Gasteiger partial charge in [-0.1, -0.05) is 12.1 Å². The minimum atomic E-state index is -3.89. The van der Waals surface area contributed by atoms with Crippen molar-refractivity contribution in [3.63, 3.8) is 0 Å². The Labute approximate surface area is 181 Å². The standard InChI is InChI=1S/C21H25N3O6S/c1-23(7-10-28-2)31(26,27)20-13-15-19(14-17(20)24-8-11-29-12-9-24)30-18-6-4-3-5-16(18)22-21(15)25/h3-6,13-14H,7-12H2,1-2H3,(H,22,25). The van der Waals surface area contributed by atoms with E-state index in [1.807, 2.05) is 11.0 Å². The Morgan fingerprint density at radius 1 is 1.16 bits per heavy atom. The van der Waals surface area contributed by atoms with Gasteiger partial charge in [-0.3, -0.25) is 4.79 Å². The quantitative estimate of drug-likeness (QED) is 0.725. The summed E-state index contributed by atoms with van der Waals surface area (Å²) in [6, 6.07) is 10.1. The Morgan fingerprint density at radius 3 is 2.65 bits per heavy atom. The number of carbonyl (C=O) groups is 1. The lowest BCUT2D eigenvalue weighted by Crippen LogP contribution is -2.38. The molecule has 0 aliphatic carbocycles. The number of carbonyl (C=O) groups excluding carboxylic acids is 1. The van der Waals surface area contributed by atoms with E-state index in [-0.39, 0.29) is 23.6 Å². The lowest BCUT2D eigenvalue weighted by molar-refractivity contribution is 0.102. The third-order valence-electron chi connectivity index (χ3n) is 5.31. The first-order valence-electron chi connectivity index (χ1n) is 9.96. The summed E-state index contributed by atoms with van der Waals surface area (Å²) in [5.74, 6) is 0.377. The van der Waals surface area contributed by atoms with Crippen molar-refractivity contribution in [2.45, 2.75) is 4.90 Å². The first kappa shape index (κ1) is 21.6. The molecule has 1 N–H and O–H groups in total. The molecule has 2 aliphatic heterocycles. The molecule has 1 fully saturated rings. The van der Waals surface area contributed by atoms with Crippen LogP contribution in [0.25, 0.3) is 0 Å². The number of para-hydroxylation sites is 2. The molecule has 0 saturated carbocycles. The van der Waals surface area contributed by atoms with Crippen LogP contribution in [-0.2, 0) is 19.5 Å². The maximum Gasteiger partial charge on any atom is 0.259 e. The second kappa shape index (κ2) is 8.83. The Hall–Kier alpha value is -2.66. The number of benzene rings is 2. The van der Waals surface area contributed by atoms with Crippen LogP contribution in [0.5, 0.6) is 11.5 Å². The molecule has 166 valence electrons. The number of hydrogen-bond donors (Lipinski definition) is 1.